The van der Waals surface area contributed by atoms with E-state index in [2.05, 4.69) is 26.4 Å². The molecule has 1 aliphatic carbocycles. The Morgan fingerprint density at radius 2 is 2.26 bits per heavy atom. The van der Waals surface area contributed by atoms with E-state index < -0.39 is 0 Å². The van der Waals surface area contributed by atoms with Gasteiger partial charge in [0.2, 0.25) is 0 Å². The highest BCUT2D eigenvalue weighted by molar-refractivity contribution is 5.78. The second-order valence-electron chi connectivity index (χ2n) is 6.77. The fourth-order valence-corrected chi connectivity index (χ4v) is 3.46. The monoisotopic (exact) mass is 315 g/mol. The highest BCUT2D eigenvalue weighted by Crippen LogP contribution is 2.28. The molecular weight excluding hydrogens is 290 g/mol. The largest absolute Gasteiger partial charge is 0.374 e. The maximum Gasteiger partial charge on any atom is 0.157 e. The first-order chi connectivity index (χ1) is 11.2. The van der Waals surface area contributed by atoms with Gasteiger partial charge >= 0.3 is 0 Å². The molecule has 2 aliphatic rings. The molecule has 0 amide bonds. The van der Waals surface area contributed by atoms with Gasteiger partial charge in [0.05, 0.1) is 18.4 Å². The minimum atomic E-state index is 0.307. The van der Waals surface area contributed by atoms with Gasteiger partial charge in [-0.1, -0.05) is 0 Å². The summed E-state index contributed by atoms with van der Waals surface area (Å²) in [6.45, 7) is 6.78. The Balaban J connectivity index is 1.33. The number of morpholine rings is 1. The van der Waals surface area contributed by atoms with E-state index in [0.29, 0.717) is 6.10 Å². The Bertz CT molecular complexity index is 694. The molecule has 2 aromatic heterocycles. The van der Waals surface area contributed by atoms with E-state index in [1.165, 1.54) is 18.4 Å². The van der Waals surface area contributed by atoms with Crippen molar-refractivity contribution < 1.29 is 4.74 Å². The number of ether oxygens (including phenoxy) is 1. The topological polar surface area (TPSA) is 55.2 Å². The predicted molar refractivity (Wildman–Crippen MR) is 89.3 cm³/mol. The van der Waals surface area contributed by atoms with Gasteiger partial charge in [0.25, 0.3) is 0 Å². The summed E-state index contributed by atoms with van der Waals surface area (Å²) in [5.41, 5.74) is 3.18. The van der Waals surface area contributed by atoms with Crippen molar-refractivity contribution in [3.63, 3.8) is 0 Å². The van der Waals surface area contributed by atoms with Crippen LogP contribution >= 0.6 is 0 Å². The second-order valence-corrected chi connectivity index (χ2v) is 6.77. The van der Waals surface area contributed by atoms with Crippen molar-refractivity contribution in [1.82, 2.24) is 25.0 Å². The average Bonchev–Trinajstić information content (AvgIpc) is 3.36. The van der Waals surface area contributed by atoms with Crippen LogP contribution in [0, 0.1) is 6.92 Å². The van der Waals surface area contributed by atoms with Gasteiger partial charge in [-0.3, -0.25) is 9.58 Å². The van der Waals surface area contributed by atoms with Crippen molar-refractivity contribution in [3.8, 4) is 0 Å². The molecule has 23 heavy (non-hydrogen) atoms. The normalized spacial score (nSPS) is 22.8. The molecule has 1 N–H and O–H groups in total. The first-order valence-electron chi connectivity index (χ1n) is 8.55. The van der Waals surface area contributed by atoms with E-state index >= 15 is 0 Å². The predicted octanol–water partition coefficient (Wildman–Crippen LogP) is 1.23. The van der Waals surface area contributed by atoms with E-state index in [9.17, 15) is 0 Å². The van der Waals surface area contributed by atoms with Crippen LogP contribution in [0.1, 0.15) is 24.1 Å². The first kappa shape index (κ1) is 15.1. The van der Waals surface area contributed by atoms with Crippen LogP contribution in [-0.2, 0) is 18.3 Å². The summed E-state index contributed by atoms with van der Waals surface area (Å²) < 4.78 is 7.72. The zero-order valence-electron chi connectivity index (χ0n) is 14.0. The molecule has 6 nitrogen and oxygen atoms in total. The Morgan fingerprint density at radius 3 is 3.09 bits per heavy atom. The van der Waals surface area contributed by atoms with Crippen LogP contribution in [-0.4, -0.2) is 58.1 Å². The van der Waals surface area contributed by atoms with Crippen molar-refractivity contribution in [2.24, 2.45) is 7.05 Å². The number of nitrogens with zero attached hydrogens (tertiary/aromatic N) is 4. The summed E-state index contributed by atoms with van der Waals surface area (Å²) in [7, 11) is 1.94. The van der Waals surface area contributed by atoms with Crippen LogP contribution in [0.2, 0.25) is 0 Å². The minimum Gasteiger partial charge on any atom is -0.374 e. The highest BCUT2D eigenvalue weighted by Gasteiger charge is 2.32. The number of fused-ring (bicyclic) bond motifs is 1. The summed E-state index contributed by atoms with van der Waals surface area (Å²) in [6, 6.07) is 3.03. The number of aryl methyl sites for hydroxylation is 2. The molecule has 0 spiro atoms. The zero-order chi connectivity index (χ0) is 15.8. The minimum absolute atomic E-state index is 0.307. The highest BCUT2D eigenvalue weighted by atomic mass is 16.5. The summed E-state index contributed by atoms with van der Waals surface area (Å²) in [6.07, 6.45) is 4.99. The fourth-order valence-electron chi connectivity index (χ4n) is 3.46. The van der Waals surface area contributed by atoms with Crippen molar-refractivity contribution in [3.05, 3.63) is 23.5 Å². The number of nitrogens with one attached hydrogen (secondary N) is 1. The Morgan fingerprint density at radius 1 is 1.39 bits per heavy atom. The molecule has 1 saturated carbocycles. The average molecular weight is 315 g/mol. The number of aromatic nitrogens is 3. The summed E-state index contributed by atoms with van der Waals surface area (Å²) in [5.74, 6) is 0. The van der Waals surface area contributed by atoms with Crippen molar-refractivity contribution in [2.45, 2.75) is 38.5 Å². The number of pyridine rings is 1. The molecule has 1 atom stereocenters. The Labute approximate surface area is 136 Å². The van der Waals surface area contributed by atoms with Gasteiger partial charge in [0.15, 0.2) is 5.65 Å². The van der Waals surface area contributed by atoms with E-state index in [0.717, 1.165) is 55.6 Å². The first-order valence-corrected chi connectivity index (χ1v) is 8.55. The van der Waals surface area contributed by atoms with Crippen LogP contribution in [0.5, 0.6) is 0 Å². The van der Waals surface area contributed by atoms with Gasteiger partial charge in [-0.05, 0) is 31.4 Å². The molecular formula is C17H25N5O. The number of hydrogen-bond acceptors (Lipinski definition) is 5. The summed E-state index contributed by atoms with van der Waals surface area (Å²) >= 11 is 0. The van der Waals surface area contributed by atoms with Crippen LogP contribution in [0.4, 0.5) is 0 Å². The number of hydrogen-bond donors (Lipinski definition) is 1. The van der Waals surface area contributed by atoms with Crippen molar-refractivity contribution in [1.29, 1.82) is 0 Å². The molecule has 0 aromatic carbocycles. The third-order valence-electron chi connectivity index (χ3n) is 4.85. The summed E-state index contributed by atoms with van der Waals surface area (Å²) in [4.78, 5) is 7.12. The van der Waals surface area contributed by atoms with E-state index in [1.54, 1.807) is 0 Å². The SMILES string of the molecule is Cc1nn(C)c2ncc(CNC[C@H]3CN(C4CC4)CCO3)cc12. The van der Waals surface area contributed by atoms with E-state index in [4.69, 9.17) is 4.74 Å². The molecule has 0 bridgehead atoms. The van der Waals surface area contributed by atoms with E-state index in [-0.39, 0.29) is 0 Å². The van der Waals surface area contributed by atoms with Crippen molar-refractivity contribution in [2.75, 3.05) is 26.2 Å². The third-order valence-corrected chi connectivity index (χ3v) is 4.85. The fraction of sp³-hybridized carbons (Fsp3) is 0.647. The number of rotatable bonds is 5. The molecule has 124 valence electrons. The van der Waals surface area contributed by atoms with Gasteiger partial charge in [-0.15, -0.1) is 0 Å². The maximum atomic E-state index is 5.88. The molecule has 0 unspecified atom stereocenters. The third kappa shape index (κ3) is 3.24. The Kier molecular flexibility index (Phi) is 4.05. The van der Waals surface area contributed by atoms with Crippen LogP contribution < -0.4 is 5.32 Å². The summed E-state index contributed by atoms with van der Waals surface area (Å²) in [5, 5.41) is 9.09. The van der Waals surface area contributed by atoms with Crippen LogP contribution in [0.3, 0.4) is 0 Å². The van der Waals surface area contributed by atoms with Gasteiger partial charge in [0, 0.05) is 50.9 Å². The standard InChI is InChI=1S/C17H25N5O/c1-12-16-7-13(9-19-17(16)21(2)20-12)8-18-10-15-11-22(5-6-23-15)14-3-4-14/h7,9,14-15,18H,3-6,8,10-11H2,1-2H3/t15-/m0/s1. The lowest BCUT2D eigenvalue weighted by Gasteiger charge is -2.33. The van der Waals surface area contributed by atoms with Crippen LogP contribution in [0.15, 0.2) is 12.3 Å². The lowest BCUT2D eigenvalue weighted by molar-refractivity contribution is -0.0301. The Hall–Kier alpha value is -1.50. The molecule has 2 fully saturated rings. The van der Waals surface area contributed by atoms with Gasteiger partial charge in [-0.25, -0.2) is 4.98 Å². The molecule has 6 heteroatoms. The van der Waals surface area contributed by atoms with Crippen LogP contribution in [0.25, 0.3) is 11.0 Å². The smallest absolute Gasteiger partial charge is 0.157 e. The quantitative estimate of drug-likeness (QED) is 0.899. The van der Waals surface area contributed by atoms with Gasteiger partial charge in [-0.2, -0.15) is 5.10 Å². The van der Waals surface area contributed by atoms with Crippen molar-refractivity contribution >= 4 is 11.0 Å². The molecule has 1 saturated heterocycles. The molecule has 4 rings (SSSR count). The maximum absolute atomic E-state index is 5.88. The second kappa shape index (κ2) is 6.19. The molecule has 0 radical (unpaired) electrons. The lowest BCUT2D eigenvalue weighted by atomic mass is 10.2. The van der Waals surface area contributed by atoms with Gasteiger partial charge < -0.3 is 10.1 Å². The molecule has 2 aromatic rings. The molecule has 1 aliphatic heterocycles. The van der Waals surface area contributed by atoms with E-state index in [1.807, 2.05) is 24.9 Å². The zero-order valence-corrected chi connectivity index (χ0v) is 14.0. The molecule has 3 heterocycles. The lowest BCUT2D eigenvalue weighted by Crippen LogP contribution is -2.47. The van der Waals surface area contributed by atoms with Gasteiger partial charge in [0.1, 0.15) is 0 Å².